The van der Waals surface area contributed by atoms with Crippen molar-refractivity contribution in [2.45, 2.75) is 309 Å². The topological polar surface area (TPSA) is 78.9 Å². The van der Waals surface area contributed by atoms with Crippen molar-refractivity contribution in [2.24, 2.45) is 0 Å². The van der Waals surface area contributed by atoms with E-state index in [1.165, 1.54) is 135 Å². The Morgan fingerprint density at radius 1 is 0.253 bits per heavy atom. The first kappa shape index (κ1) is 78.3. The van der Waals surface area contributed by atoms with Crippen LogP contribution in [0.25, 0.3) is 0 Å². The number of allylic oxidation sites excluding steroid dienone is 24. The molecule has 0 aliphatic carbocycles. The third kappa shape index (κ3) is 68.0. The lowest BCUT2D eigenvalue weighted by molar-refractivity contribution is -0.167. The molecule has 0 radical (unpaired) electrons. The van der Waals surface area contributed by atoms with E-state index in [0.29, 0.717) is 25.7 Å². The van der Waals surface area contributed by atoms with E-state index in [-0.39, 0.29) is 37.5 Å². The highest BCUT2D eigenvalue weighted by atomic mass is 16.6. The zero-order chi connectivity index (χ0) is 59.9. The maximum Gasteiger partial charge on any atom is 0.306 e. The lowest BCUT2D eigenvalue weighted by Crippen LogP contribution is -2.30. The van der Waals surface area contributed by atoms with Crippen molar-refractivity contribution in [2.75, 3.05) is 13.2 Å². The molecule has 0 N–H and O–H groups in total. The Labute approximate surface area is 512 Å². The molecule has 0 aliphatic heterocycles. The van der Waals surface area contributed by atoms with Gasteiger partial charge in [-0.15, -0.1) is 0 Å². The fraction of sp³-hybridized carbons (Fsp3) is 0.649. The van der Waals surface area contributed by atoms with Gasteiger partial charge < -0.3 is 14.2 Å². The molecule has 0 amide bonds. The lowest BCUT2D eigenvalue weighted by Gasteiger charge is -2.18. The summed E-state index contributed by atoms with van der Waals surface area (Å²) in [6, 6.07) is 0. The van der Waals surface area contributed by atoms with E-state index in [2.05, 4.69) is 167 Å². The summed E-state index contributed by atoms with van der Waals surface area (Å²) in [5.74, 6) is -0.997. The molecule has 1 atom stereocenters. The first-order valence-corrected chi connectivity index (χ1v) is 34.3. The van der Waals surface area contributed by atoms with Crippen LogP contribution in [0.3, 0.4) is 0 Å². The van der Waals surface area contributed by atoms with Gasteiger partial charge in [0.15, 0.2) is 6.10 Å². The quantitative estimate of drug-likeness (QED) is 0.0261. The molecule has 0 spiro atoms. The third-order valence-electron chi connectivity index (χ3n) is 14.3. The Morgan fingerprint density at radius 2 is 0.470 bits per heavy atom. The molecular weight excluding hydrogens is 1020 g/mol. The Kier molecular flexibility index (Phi) is 65.8. The average Bonchev–Trinajstić information content (AvgIpc) is 3.49. The van der Waals surface area contributed by atoms with Gasteiger partial charge in [0, 0.05) is 19.3 Å². The minimum absolute atomic E-state index is 0.113. The summed E-state index contributed by atoms with van der Waals surface area (Å²) >= 11 is 0. The minimum atomic E-state index is -0.826. The maximum atomic E-state index is 12.9. The summed E-state index contributed by atoms with van der Waals surface area (Å²) in [6.07, 6.45) is 100. The van der Waals surface area contributed by atoms with Gasteiger partial charge in [-0.3, -0.25) is 14.4 Å². The first-order chi connectivity index (χ1) is 41.0. The smallest absolute Gasteiger partial charge is 0.306 e. The van der Waals surface area contributed by atoms with Crippen LogP contribution >= 0.6 is 0 Å². The Bertz CT molecular complexity index is 1800. The van der Waals surface area contributed by atoms with Crippen molar-refractivity contribution in [3.63, 3.8) is 0 Å². The van der Waals surface area contributed by atoms with Crippen LogP contribution in [-0.4, -0.2) is 37.2 Å². The largest absolute Gasteiger partial charge is 0.462 e. The van der Waals surface area contributed by atoms with Crippen molar-refractivity contribution in [1.29, 1.82) is 0 Å². The average molecular weight is 1150 g/mol. The monoisotopic (exact) mass is 1150 g/mol. The number of hydrogen-bond acceptors (Lipinski definition) is 6. The van der Waals surface area contributed by atoms with Gasteiger partial charge >= 0.3 is 17.9 Å². The van der Waals surface area contributed by atoms with Gasteiger partial charge in [0.2, 0.25) is 0 Å². The molecule has 0 saturated carbocycles. The zero-order valence-corrected chi connectivity index (χ0v) is 53.9. The Hall–Kier alpha value is -4.71. The van der Waals surface area contributed by atoms with Crippen LogP contribution in [0.2, 0.25) is 0 Å². The van der Waals surface area contributed by atoms with Gasteiger partial charge in [0.1, 0.15) is 13.2 Å². The molecule has 0 aromatic carbocycles. The van der Waals surface area contributed by atoms with Gasteiger partial charge in [-0.25, -0.2) is 0 Å². The molecule has 0 rings (SSSR count). The summed E-state index contributed by atoms with van der Waals surface area (Å²) in [5.41, 5.74) is 0. The summed E-state index contributed by atoms with van der Waals surface area (Å²) < 4.78 is 16.9. The van der Waals surface area contributed by atoms with Crippen LogP contribution in [-0.2, 0) is 28.6 Å². The zero-order valence-electron chi connectivity index (χ0n) is 53.9. The van der Waals surface area contributed by atoms with Crippen molar-refractivity contribution in [3.05, 3.63) is 146 Å². The molecule has 470 valence electrons. The fourth-order valence-electron chi connectivity index (χ4n) is 9.23. The summed E-state index contributed by atoms with van der Waals surface area (Å²) in [6.45, 7) is 6.34. The molecule has 83 heavy (non-hydrogen) atoms. The normalized spacial score (nSPS) is 13.0. The van der Waals surface area contributed by atoms with Crippen molar-refractivity contribution >= 4 is 17.9 Å². The molecule has 0 bridgehead atoms. The number of carbonyl (C=O) groups excluding carboxylic acids is 3. The number of hydrogen-bond donors (Lipinski definition) is 0. The SMILES string of the molecule is CC/C=C\C/C=C\C/C=C\C/C=C\C/C=C\C/C=C\CCCCC(=O)OC(COC(=O)CCCC/C=C\C/C=C\C/C=C\C/C=C\CC)COC(=O)CCCCCCCCCCCCCCCCCCC/C=C\C/C=C\CCCCCCC. The number of ether oxygens (including phenoxy) is 3. The molecule has 0 aromatic rings. The first-order valence-electron chi connectivity index (χ1n) is 34.3. The van der Waals surface area contributed by atoms with Gasteiger partial charge in [-0.05, 0) is 141 Å². The van der Waals surface area contributed by atoms with Crippen molar-refractivity contribution in [1.82, 2.24) is 0 Å². The van der Waals surface area contributed by atoms with E-state index in [0.717, 1.165) is 116 Å². The molecule has 0 aliphatic rings. The van der Waals surface area contributed by atoms with Crippen LogP contribution in [0.1, 0.15) is 303 Å². The van der Waals surface area contributed by atoms with Gasteiger partial charge in [-0.1, -0.05) is 289 Å². The second-order valence-electron chi connectivity index (χ2n) is 22.3. The Morgan fingerprint density at radius 3 is 0.759 bits per heavy atom. The van der Waals surface area contributed by atoms with Gasteiger partial charge in [0.05, 0.1) is 0 Å². The van der Waals surface area contributed by atoms with Crippen molar-refractivity contribution in [3.8, 4) is 0 Å². The fourth-order valence-corrected chi connectivity index (χ4v) is 9.23. The van der Waals surface area contributed by atoms with Gasteiger partial charge in [0.25, 0.3) is 0 Å². The van der Waals surface area contributed by atoms with Crippen LogP contribution in [0.15, 0.2) is 146 Å². The Balaban J connectivity index is 4.39. The van der Waals surface area contributed by atoms with Crippen LogP contribution in [0, 0.1) is 0 Å². The molecular formula is C77H126O6. The van der Waals surface area contributed by atoms with Crippen molar-refractivity contribution < 1.29 is 28.6 Å². The van der Waals surface area contributed by atoms with E-state index in [4.69, 9.17) is 14.2 Å². The maximum absolute atomic E-state index is 12.9. The predicted octanol–water partition coefficient (Wildman–Crippen LogP) is 23.9. The molecule has 0 heterocycles. The van der Waals surface area contributed by atoms with Gasteiger partial charge in [-0.2, -0.15) is 0 Å². The van der Waals surface area contributed by atoms with Crippen LogP contribution in [0.5, 0.6) is 0 Å². The predicted molar refractivity (Wildman–Crippen MR) is 362 cm³/mol. The second-order valence-corrected chi connectivity index (χ2v) is 22.3. The molecule has 0 fully saturated rings. The van der Waals surface area contributed by atoms with E-state index in [1.54, 1.807) is 0 Å². The van der Waals surface area contributed by atoms with Crippen LogP contribution in [0.4, 0.5) is 0 Å². The minimum Gasteiger partial charge on any atom is -0.462 e. The molecule has 1 unspecified atom stereocenters. The van der Waals surface area contributed by atoms with E-state index >= 15 is 0 Å². The molecule has 0 saturated heterocycles. The number of esters is 3. The number of rotatable bonds is 61. The lowest BCUT2D eigenvalue weighted by atomic mass is 10.0. The summed E-state index contributed by atoms with van der Waals surface area (Å²) in [7, 11) is 0. The molecule has 6 heteroatoms. The van der Waals surface area contributed by atoms with E-state index < -0.39 is 6.10 Å². The third-order valence-corrected chi connectivity index (χ3v) is 14.3. The number of carbonyl (C=O) groups is 3. The second kappa shape index (κ2) is 69.8. The summed E-state index contributed by atoms with van der Waals surface area (Å²) in [4.78, 5) is 38.4. The summed E-state index contributed by atoms with van der Waals surface area (Å²) in [5, 5.41) is 0. The number of unbranched alkanes of at least 4 members (excludes halogenated alkanes) is 26. The van der Waals surface area contributed by atoms with E-state index in [9.17, 15) is 14.4 Å². The van der Waals surface area contributed by atoms with E-state index in [1.807, 2.05) is 0 Å². The highest BCUT2D eigenvalue weighted by Crippen LogP contribution is 2.16. The highest BCUT2D eigenvalue weighted by molar-refractivity contribution is 5.71. The molecule has 6 nitrogen and oxygen atoms in total. The standard InChI is InChI=1S/C77H126O6/c1-4-7-10-13-16-19-22-25-28-30-32-34-35-36-37-38-39-40-41-43-44-46-49-52-55-58-61-64-67-70-76(79)82-73-74(72-81-75(78)69-66-63-60-57-54-51-48-27-24-21-18-15-12-9-6-3)83-77(80)71-68-65-62-59-56-53-50-47-45-42-33-31-29-26-23-20-17-14-11-8-5-2/h8-9,11-12,17-18,20-22,25-27,29-30,32-33,42,47-48,50,54,56-57,59,74H,4-7,10,13-16,19,23-24,28,31,34-41,43-46,49,51-53,55,58,60-73H2,1-3H3/b11-8-,12-9-,20-17-,21-18-,25-22-,29-26-,32-30-,42-33-,48-27-,50-47-,57-54-,59-56-. The molecule has 0 aromatic heterocycles. The van der Waals surface area contributed by atoms with Crippen LogP contribution < -0.4 is 0 Å². The highest BCUT2D eigenvalue weighted by Gasteiger charge is 2.19.